The third-order valence-corrected chi connectivity index (χ3v) is 25.3. The van der Waals surface area contributed by atoms with Crippen LogP contribution in [0.1, 0.15) is 260 Å². The van der Waals surface area contributed by atoms with E-state index in [4.69, 9.17) is 66.3 Å². The van der Waals surface area contributed by atoms with E-state index < -0.39 is 278 Å². The monoisotopic (exact) mass is 1830 g/mol. The fraction of sp³-hybridized carbons (Fsp3) is 0.943. The molecule has 7 saturated heterocycles. The van der Waals surface area contributed by atoms with Crippen LogP contribution in [0, 0.1) is 0 Å². The van der Waals surface area contributed by atoms with E-state index in [-0.39, 0.29) is 12.3 Å². The number of unbranched alkanes of at least 4 members (excludes halogenated alkanes) is 31. The molecule has 0 aliphatic carbocycles. The minimum Gasteiger partial charge on any atom is -0.394 e. The molecule has 39 nitrogen and oxygen atoms in total. The third kappa shape index (κ3) is 34.0. The summed E-state index contributed by atoms with van der Waals surface area (Å²) < 4.78 is 85.0. The molecule has 37 atom stereocenters. The van der Waals surface area contributed by atoms with Gasteiger partial charge in [0.2, 0.25) is 17.7 Å². The first-order chi connectivity index (χ1) is 61.0. The molecule has 0 spiro atoms. The summed E-state index contributed by atoms with van der Waals surface area (Å²) in [6.07, 6.45) is -22.9. The second-order valence-electron chi connectivity index (χ2n) is 35.6. The zero-order chi connectivity index (χ0) is 92.8. The lowest BCUT2D eigenvalue weighted by Crippen LogP contribution is -2.72. The van der Waals surface area contributed by atoms with Crippen molar-refractivity contribution in [2.24, 2.45) is 0 Å². The number of allylic oxidation sites excluding steroid dienone is 1. The van der Waals surface area contributed by atoms with Gasteiger partial charge >= 0.3 is 0 Å². The number of aliphatic hydroxyl groups excluding tert-OH is 19. The predicted molar refractivity (Wildman–Crippen MR) is 451 cm³/mol. The van der Waals surface area contributed by atoms with Crippen LogP contribution in [0.3, 0.4) is 0 Å². The molecule has 0 bridgehead atoms. The van der Waals surface area contributed by atoms with Crippen molar-refractivity contribution in [1.29, 1.82) is 0 Å². The van der Waals surface area contributed by atoms with E-state index in [9.17, 15) is 111 Å². The Labute approximate surface area is 747 Å². The Morgan fingerprint density at radius 2 is 0.630 bits per heavy atom. The van der Waals surface area contributed by atoms with Gasteiger partial charge in [0.25, 0.3) is 0 Å². The highest BCUT2D eigenvalue weighted by Gasteiger charge is 2.60. The standard InChI is InChI=1S/C88H159N3O36/c1-7-9-11-13-15-17-19-21-22-23-24-25-26-27-28-30-32-34-36-38-40-42-60(100)91-53(54(99)41-39-37-35-33-31-29-20-18-16-14-12-10-8-2)48-114-84-73(111)70(108)76(58(46-95)121-84)122-87-74(112)80(66(104)56(44-93)118-87)127-83-62(90-52(6)98)79(77(59(47-96)120-83)123-85-71(109)68(106)63(101)49(3)115-85)125-88-75(113)81(67(105)57(45-94)119-88)126-82-61(89-51(5)97)78(65(103)55(43-92)117-82)124-86-72(110)69(107)64(102)50(4)116-86/h39,41,49-50,53-59,61-88,92-96,99,101-113H,7-38,40,42-48H2,1-6H3,(H,89,97)(H,90,98)(H,91,100)/b41-39+/t49?,50?,53-,54+,55?,56?,57?,58?,59?,61?,62?,63+,64+,65+,66-,67-,68?,69?,70+,71-,72-,73?,74?,75?,76+,77+,78+,79+,80-,81-,82-,83-,84+,85+,86+,87-,88-/m0/s1. The van der Waals surface area contributed by atoms with Crippen LogP contribution in [0.15, 0.2) is 12.2 Å². The predicted octanol–water partition coefficient (Wildman–Crippen LogP) is -0.204. The molecule has 39 heteroatoms. The third-order valence-electron chi connectivity index (χ3n) is 25.3. The fourth-order valence-corrected chi connectivity index (χ4v) is 17.5. The molecule has 7 aliphatic rings. The largest absolute Gasteiger partial charge is 0.394 e. The van der Waals surface area contributed by atoms with Crippen LogP contribution in [0.4, 0.5) is 0 Å². The Morgan fingerprint density at radius 3 is 1.03 bits per heavy atom. The van der Waals surface area contributed by atoms with E-state index in [0.717, 1.165) is 65.2 Å². The number of aliphatic hydroxyl groups is 19. The van der Waals surface area contributed by atoms with E-state index in [1.807, 2.05) is 6.08 Å². The number of rotatable bonds is 59. The van der Waals surface area contributed by atoms with Crippen molar-refractivity contribution in [2.45, 2.75) is 487 Å². The topological polar surface area (TPSA) is 601 Å². The van der Waals surface area contributed by atoms with Crippen molar-refractivity contribution < 1.29 is 178 Å². The molecule has 7 rings (SSSR count). The van der Waals surface area contributed by atoms with E-state index in [1.54, 1.807) is 6.08 Å². The van der Waals surface area contributed by atoms with Gasteiger partial charge in [-0.3, -0.25) is 14.4 Å². The van der Waals surface area contributed by atoms with Crippen LogP contribution in [0.25, 0.3) is 0 Å². The summed E-state index contributed by atoms with van der Waals surface area (Å²) in [5, 5.41) is 223. The maximum atomic E-state index is 13.7. The molecule has 7 heterocycles. The molecular weight excluding hydrogens is 1670 g/mol. The second-order valence-corrected chi connectivity index (χ2v) is 35.6. The molecule has 0 saturated carbocycles. The zero-order valence-corrected chi connectivity index (χ0v) is 75.2. The van der Waals surface area contributed by atoms with Crippen LogP contribution < -0.4 is 16.0 Å². The van der Waals surface area contributed by atoms with Crippen molar-refractivity contribution in [3.8, 4) is 0 Å². The number of ether oxygens (including phenoxy) is 14. The summed E-state index contributed by atoms with van der Waals surface area (Å²) in [5.41, 5.74) is 0. The summed E-state index contributed by atoms with van der Waals surface area (Å²) in [6.45, 7) is 3.25. The number of nitrogens with one attached hydrogen (secondary N) is 3. The highest BCUT2D eigenvalue weighted by molar-refractivity contribution is 5.76. The zero-order valence-electron chi connectivity index (χ0n) is 75.2. The summed E-state index contributed by atoms with van der Waals surface area (Å²) >= 11 is 0. The van der Waals surface area contributed by atoms with Crippen molar-refractivity contribution in [3.63, 3.8) is 0 Å². The SMILES string of the molecule is CCCCCCCCCCCCC/C=C/[C@@H](O)[C@H](CO[C@@H]1OC(CO)[C@@H](O[C@@H]2OC(CO)[C@H](O)[C@H](O[C@@H]3OC(CO)[C@@H](O[C@H]4OC(C)[C@@H](O)C(O)[C@@H]4O)[C@H](O[C@@H]4OC(CO)[C@H](O)[C@H](O[C@@H]5OC(CO)[C@@H](O)[C@H](O[C@H]6OC(C)[C@@H](O)C(O)[C@@H]6O)C5NC(C)=O)C4O)C3NC(C)=O)C2O)[C@H](O)C1O)NC(=O)CCCCCCCCCCCCCCCCCCCCCCC. The van der Waals surface area contributed by atoms with E-state index in [1.165, 1.54) is 162 Å². The molecule has 0 radical (unpaired) electrons. The molecule has 127 heavy (non-hydrogen) atoms. The summed E-state index contributed by atoms with van der Waals surface area (Å²) in [6, 6.07) is -4.86. The molecule has 22 N–H and O–H groups in total. The Bertz CT molecular complexity index is 3000. The van der Waals surface area contributed by atoms with Crippen LogP contribution in [0.2, 0.25) is 0 Å². The summed E-state index contributed by atoms with van der Waals surface area (Å²) in [4.78, 5) is 40.3. The number of hydrogen-bond acceptors (Lipinski definition) is 36. The van der Waals surface area contributed by atoms with Crippen molar-refractivity contribution >= 4 is 17.7 Å². The summed E-state index contributed by atoms with van der Waals surface area (Å²) in [7, 11) is 0. The Balaban J connectivity index is 1.05. The quantitative estimate of drug-likeness (QED) is 0.0277. The molecule has 7 fully saturated rings. The Morgan fingerprint density at radius 1 is 0.323 bits per heavy atom. The molecule has 742 valence electrons. The van der Waals surface area contributed by atoms with Crippen molar-refractivity contribution in [2.75, 3.05) is 39.6 Å². The van der Waals surface area contributed by atoms with E-state index in [2.05, 4.69) is 29.8 Å². The summed E-state index contributed by atoms with van der Waals surface area (Å²) in [5.74, 6) is -2.17. The molecule has 0 aromatic rings. The Hall–Kier alpha value is -3.17. The van der Waals surface area contributed by atoms with Crippen LogP contribution in [-0.4, -0.2) is 381 Å². The maximum Gasteiger partial charge on any atom is 0.220 e. The van der Waals surface area contributed by atoms with Gasteiger partial charge in [0.15, 0.2) is 44.0 Å². The van der Waals surface area contributed by atoms with Gasteiger partial charge in [-0.15, -0.1) is 0 Å². The van der Waals surface area contributed by atoms with Gasteiger partial charge < -0.3 is 179 Å². The van der Waals surface area contributed by atoms with E-state index >= 15 is 0 Å². The highest BCUT2D eigenvalue weighted by Crippen LogP contribution is 2.40. The lowest BCUT2D eigenvalue weighted by Gasteiger charge is -2.52. The van der Waals surface area contributed by atoms with Gasteiger partial charge in [0.05, 0.1) is 64.0 Å². The lowest BCUT2D eigenvalue weighted by molar-refractivity contribution is -0.396. The number of amides is 3. The maximum absolute atomic E-state index is 13.7. The molecule has 3 amide bonds. The molecule has 14 unspecified atom stereocenters. The Kier molecular flexibility index (Phi) is 51.5. The van der Waals surface area contributed by atoms with Gasteiger partial charge in [0.1, 0.15) is 159 Å². The number of carbonyl (C=O) groups is 3. The first-order valence-electron chi connectivity index (χ1n) is 47.2. The van der Waals surface area contributed by atoms with Gasteiger partial charge in [0, 0.05) is 20.3 Å². The average Bonchev–Trinajstić information content (AvgIpc) is 0.753. The fourth-order valence-electron chi connectivity index (χ4n) is 17.5. The van der Waals surface area contributed by atoms with Crippen molar-refractivity contribution in [3.05, 3.63) is 12.2 Å². The lowest BCUT2D eigenvalue weighted by atomic mass is 9.93. The average molecular weight is 1840 g/mol. The number of hydrogen-bond donors (Lipinski definition) is 22. The highest BCUT2D eigenvalue weighted by atomic mass is 16.8. The van der Waals surface area contributed by atoms with Crippen molar-refractivity contribution in [1.82, 2.24) is 16.0 Å². The van der Waals surface area contributed by atoms with Gasteiger partial charge in [-0.2, -0.15) is 0 Å². The first kappa shape index (κ1) is 111. The molecule has 0 aromatic heterocycles. The minimum absolute atomic E-state index is 0.154. The minimum atomic E-state index is -2.39. The van der Waals surface area contributed by atoms with Crippen LogP contribution >= 0.6 is 0 Å². The van der Waals surface area contributed by atoms with Gasteiger partial charge in [-0.1, -0.05) is 219 Å². The molecular formula is C88H159N3O36. The molecule has 0 aromatic carbocycles. The second kappa shape index (κ2) is 59.0. The number of carbonyl (C=O) groups excluding carboxylic acids is 3. The normalized spacial score (nSPS) is 37.9. The van der Waals surface area contributed by atoms with Gasteiger partial charge in [-0.05, 0) is 33.1 Å². The first-order valence-corrected chi connectivity index (χ1v) is 47.2. The van der Waals surface area contributed by atoms with Crippen LogP contribution in [0.5, 0.6) is 0 Å². The smallest absolute Gasteiger partial charge is 0.220 e. The van der Waals surface area contributed by atoms with Crippen LogP contribution in [-0.2, 0) is 80.7 Å². The van der Waals surface area contributed by atoms with E-state index in [0.29, 0.717) is 12.8 Å². The molecule has 7 aliphatic heterocycles. The van der Waals surface area contributed by atoms with Gasteiger partial charge in [-0.25, -0.2) is 0 Å².